The summed E-state index contributed by atoms with van der Waals surface area (Å²) < 4.78 is 33.8. The van der Waals surface area contributed by atoms with Crippen molar-refractivity contribution in [2.24, 2.45) is 0 Å². The molecule has 0 unspecified atom stereocenters. The molecule has 0 radical (unpaired) electrons. The molecule has 1 N–H and O–H groups in total. The Morgan fingerprint density at radius 3 is 2.71 bits per heavy atom. The highest BCUT2D eigenvalue weighted by atomic mass is 32.2. The predicted molar refractivity (Wildman–Crippen MR) is 94.9 cm³/mol. The minimum absolute atomic E-state index is 0.176. The van der Waals surface area contributed by atoms with Crippen molar-refractivity contribution in [3.8, 4) is 5.75 Å². The molecular weight excluding hydrogens is 324 g/mol. The average Bonchev–Trinajstić information content (AvgIpc) is 2.55. The molecule has 2 aromatic carbocycles. The minimum Gasteiger partial charge on any atom is -0.492 e. The van der Waals surface area contributed by atoms with Crippen molar-refractivity contribution < 1.29 is 13.2 Å². The van der Waals surface area contributed by atoms with E-state index in [2.05, 4.69) is 9.71 Å². The molecular formula is C18H18N2O3S. The van der Waals surface area contributed by atoms with Crippen LogP contribution in [0.25, 0.3) is 10.9 Å². The van der Waals surface area contributed by atoms with Gasteiger partial charge in [0.15, 0.2) is 0 Å². The Morgan fingerprint density at radius 1 is 1.12 bits per heavy atom. The van der Waals surface area contributed by atoms with Crippen molar-refractivity contribution in [2.45, 2.75) is 18.7 Å². The number of hydrogen-bond acceptors (Lipinski definition) is 4. The third kappa shape index (κ3) is 3.19. The first-order chi connectivity index (χ1) is 11.5. The predicted octanol–water partition coefficient (Wildman–Crippen LogP) is 3.74. The lowest BCUT2D eigenvalue weighted by Gasteiger charge is -2.13. The Labute approximate surface area is 141 Å². The summed E-state index contributed by atoms with van der Waals surface area (Å²) >= 11 is 0. The zero-order valence-electron chi connectivity index (χ0n) is 13.5. The third-order valence-corrected chi connectivity index (χ3v) is 4.99. The standard InChI is InChI=1S/C18H18N2O3S/c1-3-23-16-9-10-17(15-8-5-11-19-18(15)16)24(21,22)20-14-7-4-6-13(2)12-14/h4-12,20H,3H2,1-2H3. The Hall–Kier alpha value is -2.60. The van der Waals surface area contributed by atoms with Crippen LogP contribution in [0.3, 0.4) is 0 Å². The Morgan fingerprint density at radius 2 is 1.96 bits per heavy atom. The molecule has 1 aromatic heterocycles. The third-order valence-electron chi connectivity index (χ3n) is 3.55. The van der Waals surface area contributed by atoms with E-state index in [-0.39, 0.29) is 4.90 Å². The number of anilines is 1. The van der Waals surface area contributed by atoms with Gasteiger partial charge in [0.05, 0.1) is 11.5 Å². The van der Waals surface area contributed by atoms with Crippen LogP contribution in [0.4, 0.5) is 5.69 Å². The highest BCUT2D eigenvalue weighted by molar-refractivity contribution is 7.93. The molecule has 1 heterocycles. The Balaban J connectivity index is 2.10. The summed E-state index contributed by atoms with van der Waals surface area (Å²) in [5.74, 6) is 0.572. The monoisotopic (exact) mass is 342 g/mol. The van der Waals surface area contributed by atoms with E-state index in [0.29, 0.717) is 28.9 Å². The first kappa shape index (κ1) is 16.3. The fourth-order valence-electron chi connectivity index (χ4n) is 2.55. The maximum atomic E-state index is 12.8. The molecule has 24 heavy (non-hydrogen) atoms. The van der Waals surface area contributed by atoms with Gasteiger partial charge >= 0.3 is 0 Å². The molecule has 3 rings (SSSR count). The fourth-order valence-corrected chi connectivity index (χ4v) is 3.79. The highest BCUT2D eigenvalue weighted by Crippen LogP contribution is 2.30. The van der Waals surface area contributed by atoms with E-state index >= 15 is 0 Å². The summed E-state index contributed by atoms with van der Waals surface area (Å²) in [6.07, 6.45) is 1.62. The molecule has 0 aliphatic heterocycles. The van der Waals surface area contributed by atoms with E-state index in [1.807, 2.05) is 26.0 Å². The second-order valence-electron chi connectivity index (χ2n) is 5.37. The highest BCUT2D eigenvalue weighted by Gasteiger charge is 2.20. The lowest BCUT2D eigenvalue weighted by molar-refractivity contribution is 0.343. The quantitative estimate of drug-likeness (QED) is 0.767. The molecule has 0 saturated heterocycles. The SMILES string of the molecule is CCOc1ccc(S(=O)(=O)Nc2cccc(C)c2)c2cccnc12. The molecule has 0 aliphatic rings. The molecule has 0 bridgehead atoms. The number of fused-ring (bicyclic) bond motifs is 1. The molecule has 0 atom stereocenters. The fraction of sp³-hybridized carbons (Fsp3) is 0.167. The van der Waals surface area contributed by atoms with Gasteiger partial charge in [0.2, 0.25) is 0 Å². The summed E-state index contributed by atoms with van der Waals surface area (Å²) in [4.78, 5) is 4.45. The smallest absolute Gasteiger partial charge is 0.262 e. The van der Waals surface area contributed by atoms with Gasteiger partial charge in [0.1, 0.15) is 11.3 Å². The van der Waals surface area contributed by atoms with Gasteiger partial charge in [-0.05, 0) is 55.8 Å². The van der Waals surface area contributed by atoms with Crippen LogP contribution in [0.2, 0.25) is 0 Å². The molecule has 0 saturated carbocycles. The molecule has 0 fully saturated rings. The zero-order valence-corrected chi connectivity index (χ0v) is 14.3. The van der Waals surface area contributed by atoms with Crippen LogP contribution in [0.15, 0.2) is 59.6 Å². The van der Waals surface area contributed by atoms with E-state index < -0.39 is 10.0 Å². The molecule has 5 nitrogen and oxygen atoms in total. The first-order valence-corrected chi connectivity index (χ1v) is 9.09. The number of rotatable bonds is 5. The normalized spacial score (nSPS) is 11.4. The number of hydrogen-bond donors (Lipinski definition) is 1. The Kier molecular flexibility index (Phi) is 4.40. The summed E-state index contributed by atoms with van der Waals surface area (Å²) in [6.45, 7) is 4.27. The van der Waals surface area contributed by atoms with Crippen LogP contribution in [0.1, 0.15) is 12.5 Å². The van der Waals surface area contributed by atoms with Crippen molar-refractivity contribution in [2.75, 3.05) is 11.3 Å². The van der Waals surface area contributed by atoms with E-state index in [4.69, 9.17) is 4.74 Å². The number of pyridine rings is 1. The molecule has 0 amide bonds. The summed E-state index contributed by atoms with van der Waals surface area (Å²) in [7, 11) is -3.73. The van der Waals surface area contributed by atoms with Gasteiger partial charge in [-0.25, -0.2) is 8.42 Å². The number of sulfonamides is 1. The van der Waals surface area contributed by atoms with Gasteiger partial charge in [-0.3, -0.25) is 9.71 Å². The number of ether oxygens (including phenoxy) is 1. The van der Waals surface area contributed by atoms with Crippen LogP contribution in [0.5, 0.6) is 5.75 Å². The van der Waals surface area contributed by atoms with Gasteiger partial charge in [-0.2, -0.15) is 0 Å². The zero-order chi connectivity index (χ0) is 17.2. The largest absolute Gasteiger partial charge is 0.492 e. The lowest BCUT2D eigenvalue weighted by Crippen LogP contribution is -2.13. The summed E-state index contributed by atoms with van der Waals surface area (Å²) in [5.41, 5.74) is 2.04. The molecule has 0 aliphatic carbocycles. The van der Waals surface area contributed by atoms with E-state index in [1.165, 1.54) is 0 Å². The van der Waals surface area contributed by atoms with Crippen LogP contribution in [-0.2, 0) is 10.0 Å². The van der Waals surface area contributed by atoms with Crippen molar-refractivity contribution in [3.05, 3.63) is 60.3 Å². The molecule has 3 aromatic rings. The van der Waals surface area contributed by atoms with Crippen molar-refractivity contribution in [3.63, 3.8) is 0 Å². The number of nitrogens with zero attached hydrogens (tertiary/aromatic N) is 1. The Bertz CT molecular complexity index is 984. The van der Waals surface area contributed by atoms with Crippen LogP contribution < -0.4 is 9.46 Å². The maximum absolute atomic E-state index is 12.8. The topological polar surface area (TPSA) is 68.3 Å². The van der Waals surface area contributed by atoms with Gasteiger partial charge < -0.3 is 4.74 Å². The molecule has 6 heteroatoms. The maximum Gasteiger partial charge on any atom is 0.262 e. The minimum atomic E-state index is -3.73. The second kappa shape index (κ2) is 6.49. The van der Waals surface area contributed by atoms with E-state index in [1.54, 1.807) is 42.6 Å². The molecule has 124 valence electrons. The first-order valence-electron chi connectivity index (χ1n) is 7.61. The van der Waals surface area contributed by atoms with Crippen molar-refractivity contribution >= 4 is 26.6 Å². The summed E-state index contributed by atoms with van der Waals surface area (Å²) in [6, 6.07) is 13.9. The lowest BCUT2D eigenvalue weighted by atomic mass is 10.2. The average molecular weight is 342 g/mol. The van der Waals surface area contributed by atoms with E-state index in [0.717, 1.165) is 5.56 Å². The number of benzene rings is 2. The van der Waals surface area contributed by atoms with Crippen molar-refractivity contribution in [1.82, 2.24) is 4.98 Å². The van der Waals surface area contributed by atoms with E-state index in [9.17, 15) is 8.42 Å². The number of aromatic nitrogens is 1. The second-order valence-corrected chi connectivity index (χ2v) is 7.02. The van der Waals surface area contributed by atoms with Gasteiger partial charge in [0.25, 0.3) is 10.0 Å². The van der Waals surface area contributed by atoms with Crippen molar-refractivity contribution in [1.29, 1.82) is 0 Å². The van der Waals surface area contributed by atoms with Crippen LogP contribution in [-0.4, -0.2) is 20.0 Å². The van der Waals surface area contributed by atoms with Gasteiger partial charge in [-0.1, -0.05) is 12.1 Å². The summed E-state index contributed by atoms with van der Waals surface area (Å²) in [5, 5.41) is 0.531. The molecule has 0 spiro atoms. The van der Waals surface area contributed by atoms with Crippen LogP contribution >= 0.6 is 0 Å². The van der Waals surface area contributed by atoms with Gasteiger partial charge in [0, 0.05) is 17.3 Å². The van der Waals surface area contributed by atoms with Crippen LogP contribution in [0, 0.1) is 6.92 Å². The van der Waals surface area contributed by atoms with Gasteiger partial charge in [-0.15, -0.1) is 0 Å². The number of nitrogens with one attached hydrogen (secondary N) is 1. The number of aryl methyl sites for hydroxylation is 1.